The topological polar surface area (TPSA) is 92.7 Å². The number of nitrogens with one attached hydrogen (secondary N) is 1. The number of hydrogen-bond donors (Lipinski definition) is 2. The van der Waals surface area contributed by atoms with Gasteiger partial charge in [0.05, 0.1) is 23.3 Å². The third kappa shape index (κ3) is 2.74. The van der Waals surface area contributed by atoms with E-state index in [2.05, 4.69) is 10.4 Å². The summed E-state index contributed by atoms with van der Waals surface area (Å²) in [6, 6.07) is 3.32. The summed E-state index contributed by atoms with van der Waals surface area (Å²) in [4.78, 5) is 26.4. The van der Waals surface area contributed by atoms with Gasteiger partial charge in [0.1, 0.15) is 0 Å². The lowest BCUT2D eigenvalue weighted by Crippen LogP contribution is -2.37. The molecule has 7 nitrogen and oxygen atoms in total. The van der Waals surface area contributed by atoms with Gasteiger partial charge in [-0.05, 0) is 30.9 Å². The Morgan fingerprint density at radius 2 is 2.26 bits per heavy atom. The Labute approximate surface area is 133 Å². The van der Waals surface area contributed by atoms with E-state index in [1.807, 2.05) is 4.90 Å². The fraction of sp³-hybridized carbons (Fsp3) is 0.438. The third-order valence-corrected chi connectivity index (χ3v) is 4.52. The fourth-order valence-electron chi connectivity index (χ4n) is 3.09. The molecule has 0 aromatic carbocycles. The molecule has 7 heteroatoms. The van der Waals surface area contributed by atoms with E-state index < -0.39 is 0 Å². The predicted octanol–water partition coefficient (Wildman–Crippen LogP) is 0.657. The smallest absolute Gasteiger partial charge is 0.255 e. The number of likely N-dealkylation sites (tertiary alicyclic amines) is 1. The number of nitrogens with two attached hydrogens (primary N) is 1. The van der Waals surface area contributed by atoms with Crippen LogP contribution >= 0.6 is 0 Å². The fourth-order valence-corrected chi connectivity index (χ4v) is 3.09. The largest absolute Gasteiger partial charge is 0.399 e. The Morgan fingerprint density at radius 1 is 1.43 bits per heavy atom. The number of aromatic nitrogens is 2. The van der Waals surface area contributed by atoms with Crippen LogP contribution in [-0.4, -0.2) is 45.5 Å². The van der Waals surface area contributed by atoms with Gasteiger partial charge >= 0.3 is 0 Å². The standard InChI is InChI=1S/C16H19N5O2/c17-11-3-4-21-14(5-11)13(7-18-21)16(23)19-12-6-15(22)20(9-12)8-10-1-2-10/h3-5,7,10,12H,1-2,6,8-9,17H2,(H,19,23). The zero-order chi connectivity index (χ0) is 16.0. The molecule has 0 spiro atoms. The number of anilines is 1. The second-order valence-electron chi connectivity index (χ2n) is 6.46. The Hall–Kier alpha value is -2.57. The minimum absolute atomic E-state index is 0.131. The van der Waals surface area contributed by atoms with Gasteiger partial charge in [0.25, 0.3) is 5.91 Å². The van der Waals surface area contributed by atoms with Crippen molar-refractivity contribution in [3.63, 3.8) is 0 Å². The van der Waals surface area contributed by atoms with Gasteiger partial charge in [-0.2, -0.15) is 5.10 Å². The molecular weight excluding hydrogens is 294 g/mol. The van der Waals surface area contributed by atoms with Crippen LogP contribution in [-0.2, 0) is 4.79 Å². The molecule has 2 aromatic heterocycles. The maximum Gasteiger partial charge on any atom is 0.255 e. The number of pyridine rings is 1. The van der Waals surface area contributed by atoms with E-state index in [-0.39, 0.29) is 17.9 Å². The second-order valence-corrected chi connectivity index (χ2v) is 6.46. The van der Waals surface area contributed by atoms with E-state index in [0.29, 0.717) is 35.7 Å². The highest BCUT2D eigenvalue weighted by molar-refractivity contribution is 6.01. The van der Waals surface area contributed by atoms with Crippen LogP contribution in [0.5, 0.6) is 0 Å². The molecule has 1 aliphatic heterocycles. The van der Waals surface area contributed by atoms with Crippen molar-refractivity contribution in [2.24, 2.45) is 5.92 Å². The first-order valence-electron chi connectivity index (χ1n) is 7.91. The molecule has 3 N–H and O–H groups in total. The van der Waals surface area contributed by atoms with Crippen LogP contribution in [0.15, 0.2) is 24.5 Å². The summed E-state index contributed by atoms with van der Waals surface area (Å²) >= 11 is 0. The zero-order valence-corrected chi connectivity index (χ0v) is 12.7. The Bertz CT molecular complexity index is 780. The third-order valence-electron chi connectivity index (χ3n) is 4.52. The molecular formula is C16H19N5O2. The predicted molar refractivity (Wildman–Crippen MR) is 84.8 cm³/mol. The van der Waals surface area contributed by atoms with E-state index in [1.165, 1.54) is 19.0 Å². The molecule has 1 saturated heterocycles. The second kappa shape index (κ2) is 5.26. The summed E-state index contributed by atoms with van der Waals surface area (Å²) in [7, 11) is 0. The van der Waals surface area contributed by atoms with Crippen molar-refractivity contribution < 1.29 is 9.59 Å². The zero-order valence-electron chi connectivity index (χ0n) is 12.7. The minimum atomic E-state index is -0.211. The number of nitrogen functional groups attached to an aromatic ring is 1. The van der Waals surface area contributed by atoms with Crippen molar-refractivity contribution in [1.82, 2.24) is 19.8 Å². The normalized spacial score (nSPS) is 21.1. The molecule has 0 bridgehead atoms. The number of hydrogen-bond acceptors (Lipinski definition) is 4. The van der Waals surface area contributed by atoms with E-state index in [9.17, 15) is 9.59 Å². The van der Waals surface area contributed by atoms with Crippen LogP contribution in [0, 0.1) is 5.92 Å². The molecule has 0 radical (unpaired) electrons. The highest BCUT2D eigenvalue weighted by Crippen LogP contribution is 2.31. The SMILES string of the molecule is Nc1ccn2ncc(C(=O)NC3CC(=O)N(CC4CC4)C3)c2c1. The highest BCUT2D eigenvalue weighted by atomic mass is 16.2. The summed E-state index contributed by atoms with van der Waals surface area (Å²) in [5, 5.41) is 7.11. The number of amides is 2. The summed E-state index contributed by atoms with van der Waals surface area (Å²) in [5.74, 6) is 0.582. The summed E-state index contributed by atoms with van der Waals surface area (Å²) < 4.78 is 1.62. The molecule has 23 heavy (non-hydrogen) atoms. The first-order valence-corrected chi connectivity index (χ1v) is 7.91. The average Bonchev–Trinajstić information content (AvgIpc) is 3.12. The van der Waals surface area contributed by atoms with Gasteiger partial charge in [0.2, 0.25) is 5.91 Å². The number of nitrogens with zero attached hydrogens (tertiary/aromatic N) is 3. The molecule has 1 saturated carbocycles. The molecule has 3 heterocycles. The monoisotopic (exact) mass is 313 g/mol. The molecule has 1 atom stereocenters. The molecule has 1 unspecified atom stereocenters. The van der Waals surface area contributed by atoms with Gasteiger partial charge in [0, 0.05) is 31.4 Å². The lowest BCUT2D eigenvalue weighted by molar-refractivity contribution is -0.127. The summed E-state index contributed by atoms with van der Waals surface area (Å²) in [6.07, 6.45) is 6.05. The summed E-state index contributed by atoms with van der Waals surface area (Å²) in [6.45, 7) is 1.43. The average molecular weight is 313 g/mol. The first kappa shape index (κ1) is 14.0. The van der Waals surface area contributed by atoms with E-state index >= 15 is 0 Å². The highest BCUT2D eigenvalue weighted by Gasteiger charge is 2.34. The van der Waals surface area contributed by atoms with E-state index in [0.717, 1.165) is 6.54 Å². The van der Waals surface area contributed by atoms with Crippen molar-refractivity contribution in [2.75, 3.05) is 18.8 Å². The van der Waals surface area contributed by atoms with E-state index in [1.54, 1.807) is 22.8 Å². The molecule has 2 aliphatic rings. The van der Waals surface area contributed by atoms with Crippen LogP contribution in [0.2, 0.25) is 0 Å². The van der Waals surface area contributed by atoms with Crippen molar-refractivity contribution in [3.05, 3.63) is 30.1 Å². The quantitative estimate of drug-likeness (QED) is 0.867. The van der Waals surface area contributed by atoms with Crippen molar-refractivity contribution >= 4 is 23.0 Å². The van der Waals surface area contributed by atoms with E-state index in [4.69, 9.17) is 5.73 Å². The Morgan fingerprint density at radius 3 is 3.04 bits per heavy atom. The van der Waals surface area contributed by atoms with Crippen LogP contribution in [0.1, 0.15) is 29.6 Å². The number of carbonyl (C=O) groups excluding carboxylic acids is 2. The number of fused-ring (bicyclic) bond motifs is 1. The van der Waals surface area contributed by atoms with Gasteiger partial charge in [-0.3, -0.25) is 9.59 Å². The van der Waals surface area contributed by atoms with Gasteiger partial charge in [0.15, 0.2) is 0 Å². The molecule has 4 rings (SSSR count). The molecule has 2 amide bonds. The lowest BCUT2D eigenvalue weighted by atomic mass is 10.2. The van der Waals surface area contributed by atoms with Gasteiger partial charge in [-0.25, -0.2) is 4.52 Å². The van der Waals surface area contributed by atoms with Gasteiger partial charge in [-0.1, -0.05) is 0 Å². The maximum absolute atomic E-state index is 12.5. The molecule has 120 valence electrons. The molecule has 2 fully saturated rings. The Balaban J connectivity index is 1.46. The summed E-state index contributed by atoms with van der Waals surface area (Å²) in [5.41, 5.74) is 7.51. The lowest BCUT2D eigenvalue weighted by Gasteiger charge is -2.16. The minimum Gasteiger partial charge on any atom is -0.399 e. The van der Waals surface area contributed by atoms with Crippen LogP contribution in [0.3, 0.4) is 0 Å². The van der Waals surface area contributed by atoms with Crippen LogP contribution < -0.4 is 11.1 Å². The first-order chi connectivity index (χ1) is 11.1. The maximum atomic E-state index is 12.5. The van der Waals surface area contributed by atoms with Crippen molar-refractivity contribution in [1.29, 1.82) is 0 Å². The molecule has 2 aromatic rings. The van der Waals surface area contributed by atoms with Gasteiger partial charge < -0.3 is 16.0 Å². The van der Waals surface area contributed by atoms with Crippen molar-refractivity contribution in [2.45, 2.75) is 25.3 Å². The number of carbonyl (C=O) groups is 2. The molecule has 1 aliphatic carbocycles. The number of rotatable bonds is 4. The van der Waals surface area contributed by atoms with Crippen LogP contribution in [0.25, 0.3) is 5.52 Å². The van der Waals surface area contributed by atoms with Crippen LogP contribution in [0.4, 0.5) is 5.69 Å². The van der Waals surface area contributed by atoms with Gasteiger partial charge in [-0.15, -0.1) is 0 Å². The van der Waals surface area contributed by atoms with Crippen molar-refractivity contribution in [3.8, 4) is 0 Å². The Kier molecular flexibility index (Phi) is 3.21.